The number of pyridine rings is 1. The minimum atomic E-state index is -0.0719. The van der Waals surface area contributed by atoms with Crippen LogP contribution in [0.4, 0.5) is 21.0 Å². The summed E-state index contributed by atoms with van der Waals surface area (Å²) in [6.45, 7) is 2.41. The van der Waals surface area contributed by atoms with Crippen molar-refractivity contribution < 1.29 is 9.59 Å². The Morgan fingerprint density at radius 1 is 1.00 bits per heavy atom. The Kier molecular flexibility index (Phi) is 6.27. The standard InChI is InChI=1S/C21H25N5O2.ClH/c1-23(2)20(27)25-12-13-26(19-8-4-3-7-18(19)25)21(28)24-11-9-17(15-24)16-6-5-10-22-14-16;/h3-8,10,14,17H,9,11-13,15H2,1-2H3;1H. The van der Waals surface area contributed by atoms with E-state index in [-0.39, 0.29) is 24.5 Å². The number of hydrogen-bond donors (Lipinski definition) is 0. The number of halogens is 1. The van der Waals surface area contributed by atoms with Gasteiger partial charge in [0.25, 0.3) is 0 Å². The highest BCUT2D eigenvalue weighted by atomic mass is 35.5. The molecule has 0 aliphatic carbocycles. The van der Waals surface area contributed by atoms with Crippen molar-refractivity contribution in [3.8, 4) is 0 Å². The van der Waals surface area contributed by atoms with E-state index in [1.54, 1.807) is 35.0 Å². The number of para-hydroxylation sites is 2. The van der Waals surface area contributed by atoms with Crippen molar-refractivity contribution >= 4 is 35.8 Å². The minimum Gasteiger partial charge on any atom is -0.330 e. The summed E-state index contributed by atoms with van der Waals surface area (Å²) in [7, 11) is 3.48. The second-order valence-corrected chi connectivity index (χ2v) is 7.47. The number of urea groups is 2. The summed E-state index contributed by atoms with van der Waals surface area (Å²) < 4.78 is 0. The zero-order valence-corrected chi connectivity index (χ0v) is 17.5. The van der Waals surface area contributed by atoms with Gasteiger partial charge < -0.3 is 9.80 Å². The molecule has 29 heavy (non-hydrogen) atoms. The number of rotatable bonds is 1. The highest BCUT2D eigenvalue weighted by Gasteiger charge is 2.35. The van der Waals surface area contributed by atoms with Crippen LogP contribution in [0.2, 0.25) is 0 Å². The summed E-state index contributed by atoms with van der Waals surface area (Å²) >= 11 is 0. The van der Waals surface area contributed by atoms with Crippen molar-refractivity contribution in [2.24, 2.45) is 0 Å². The predicted octanol–water partition coefficient (Wildman–Crippen LogP) is 3.42. The molecule has 1 aromatic carbocycles. The molecule has 0 N–H and O–H groups in total. The van der Waals surface area contributed by atoms with Crippen LogP contribution in [-0.2, 0) is 0 Å². The number of carbonyl (C=O) groups excluding carboxylic acids is 2. The molecule has 0 radical (unpaired) electrons. The van der Waals surface area contributed by atoms with Crippen molar-refractivity contribution in [2.45, 2.75) is 12.3 Å². The maximum Gasteiger partial charge on any atom is 0.324 e. The number of anilines is 2. The fourth-order valence-electron chi connectivity index (χ4n) is 3.99. The Bertz CT molecular complexity index is 876. The molecular weight excluding hydrogens is 390 g/mol. The van der Waals surface area contributed by atoms with E-state index < -0.39 is 0 Å². The fourth-order valence-corrected chi connectivity index (χ4v) is 3.99. The van der Waals surface area contributed by atoms with Gasteiger partial charge in [0.05, 0.1) is 11.4 Å². The van der Waals surface area contributed by atoms with Crippen LogP contribution in [0.15, 0.2) is 48.8 Å². The van der Waals surface area contributed by atoms with Crippen LogP contribution in [0.3, 0.4) is 0 Å². The van der Waals surface area contributed by atoms with Gasteiger partial charge in [0.1, 0.15) is 0 Å². The molecule has 2 aliphatic rings. The number of benzene rings is 1. The first-order chi connectivity index (χ1) is 13.6. The van der Waals surface area contributed by atoms with E-state index in [4.69, 9.17) is 0 Å². The predicted molar refractivity (Wildman–Crippen MR) is 116 cm³/mol. The normalized spacial score (nSPS) is 18.1. The number of aromatic nitrogens is 1. The first kappa shape index (κ1) is 20.9. The topological polar surface area (TPSA) is 60.0 Å². The summed E-state index contributed by atoms with van der Waals surface area (Å²) in [5.41, 5.74) is 2.75. The lowest BCUT2D eigenvalue weighted by atomic mass is 10.0. The first-order valence-corrected chi connectivity index (χ1v) is 9.60. The first-order valence-electron chi connectivity index (χ1n) is 9.60. The van der Waals surface area contributed by atoms with Crippen molar-refractivity contribution in [1.82, 2.24) is 14.8 Å². The molecule has 0 saturated carbocycles. The van der Waals surface area contributed by atoms with Gasteiger partial charge in [0.15, 0.2) is 0 Å². The molecule has 0 spiro atoms. The van der Waals surface area contributed by atoms with Gasteiger partial charge in [-0.2, -0.15) is 0 Å². The Balaban J connectivity index is 0.00000240. The Morgan fingerprint density at radius 2 is 1.69 bits per heavy atom. The van der Waals surface area contributed by atoms with E-state index in [1.165, 1.54) is 5.56 Å². The number of nitrogens with zero attached hydrogens (tertiary/aromatic N) is 5. The largest absolute Gasteiger partial charge is 0.330 e. The smallest absolute Gasteiger partial charge is 0.324 e. The monoisotopic (exact) mass is 415 g/mol. The van der Waals surface area contributed by atoms with Crippen LogP contribution in [0.25, 0.3) is 0 Å². The fraction of sp³-hybridized carbons (Fsp3) is 0.381. The molecule has 1 fully saturated rings. The molecule has 1 aromatic heterocycles. The molecule has 1 unspecified atom stereocenters. The number of fused-ring (bicyclic) bond motifs is 1. The van der Waals surface area contributed by atoms with Crippen LogP contribution in [0, 0.1) is 0 Å². The SMILES string of the molecule is CN(C)C(=O)N1CCN(C(=O)N2CCC(c3cccnc3)C2)c2ccccc21.Cl. The maximum absolute atomic E-state index is 13.3. The van der Waals surface area contributed by atoms with Crippen LogP contribution < -0.4 is 9.80 Å². The highest BCUT2D eigenvalue weighted by molar-refractivity contribution is 6.03. The molecule has 0 bridgehead atoms. The maximum atomic E-state index is 13.3. The summed E-state index contributed by atoms with van der Waals surface area (Å²) in [6, 6.07) is 11.6. The third-order valence-corrected chi connectivity index (χ3v) is 5.47. The number of carbonyl (C=O) groups is 2. The van der Waals surface area contributed by atoms with Gasteiger partial charge in [-0.25, -0.2) is 9.59 Å². The van der Waals surface area contributed by atoms with Crippen LogP contribution >= 0.6 is 12.4 Å². The van der Waals surface area contributed by atoms with Gasteiger partial charge in [0, 0.05) is 58.6 Å². The number of amides is 4. The van der Waals surface area contributed by atoms with E-state index in [0.29, 0.717) is 25.6 Å². The van der Waals surface area contributed by atoms with Gasteiger partial charge >= 0.3 is 12.1 Å². The zero-order valence-electron chi connectivity index (χ0n) is 16.7. The molecule has 8 heteroatoms. The number of likely N-dealkylation sites (tertiary alicyclic amines) is 1. The molecular formula is C21H26ClN5O2. The van der Waals surface area contributed by atoms with Crippen LogP contribution in [0.5, 0.6) is 0 Å². The Hall–Kier alpha value is -2.80. The zero-order chi connectivity index (χ0) is 19.7. The van der Waals surface area contributed by atoms with E-state index >= 15 is 0 Å². The van der Waals surface area contributed by atoms with Crippen molar-refractivity contribution in [2.75, 3.05) is 50.1 Å². The van der Waals surface area contributed by atoms with Gasteiger partial charge in [-0.05, 0) is 30.2 Å². The lowest BCUT2D eigenvalue weighted by Gasteiger charge is -2.38. The minimum absolute atomic E-state index is 0. The molecule has 2 aliphatic heterocycles. The van der Waals surface area contributed by atoms with Crippen LogP contribution in [-0.4, -0.2) is 67.1 Å². The average Bonchev–Trinajstić information content (AvgIpc) is 3.23. The van der Waals surface area contributed by atoms with E-state index in [9.17, 15) is 9.59 Å². The van der Waals surface area contributed by atoms with Gasteiger partial charge in [-0.3, -0.25) is 14.8 Å². The summed E-state index contributed by atoms with van der Waals surface area (Å²) in [6.07, 6.45) is 4.60. The van der Waals surface area contributed by atoms with E-state index in [1.807, 2.05) is 41.4 Å². The Morgan fingerprint density at radius 3 is 2.34 bits per heavy atom. The molecule has 1 saturated heterocycles. The van der Waals surface area contributed by atoms with Gasteiger partial charge in [-0.1, -0.05) is 18.2 Å². The molecule has 1 atom stereocenters. The van der Waals surface area contributed by atoms with Crippen molar-refractivity contribution in [3.63, 3.8) is 0 Å². The molecule has 7 nitrogen and oxygen atoms in total. The van der Waals surface area contributed by atoms with E-state index in [0.717, 1.165) is 24.3 Å². The Labute approximate surface area is 177 Å². The lowest BCUT2D eigenvalue weighted by molar-refractivity contribution is 0.213. The summed E-state index contributed by atoms with van der Waals surface area (Å²) in [4.78, 5) is 37.0. The van der Waals surface area contributed by atoms with E-state index in [2.05, 4.69) is 11.1 Å². The summed E-state index contributed by atoms with van der Waals surface area (Å²) in [5, 5.41) is 0. The molecule has 154 valence electrons. The molecule has 4 rings (SSSR count). The average molecular weight is 416 g/mol. The third kappa shape index (κ3) is 4.00. The quantitative estimate of drug-likeness (QED) is 0.717. The van der Waals surface area contributed by atoms with Gasteiger partial charge in [0.2, 0.25) is 0 Å². The summed E-state index contributed by atoms with van der Waals surface area (Å²) in [5.74, 6) is 0.324. The third-order valence-electron chi connectivity index (χ3n) is 5.47. The molecule has 2 aromatic rings. The number of hydrogen-bond acceptors (Lipinski definition) is 3. The molecule has 3 heterocycles. The highest BCUT2D eigenvalue weighted by Crippen LogP contribution is 2.35. The second-order valence-electron chi connectivity index (χ2n) is 7.47. The lowest BCUT2D eigenvalue weighted by Crippen LogP contribution is -2.52. The van der Waals surface area contributed by atoms with Crippen molar-refractivity contribution in [1.29, 1.82) is 0 Å². The second kappa shape index (κ2) is 8.69. The molecule has 4 amide bonds. The van der Waals surface area contributed by atoms with Crippen LogP contribution in [0.1, 0.15) is 17.9 Å². The van der Waals surface area contributed by atoms with Gasteiger partial charge in [-0.15, -0.1) is 12.4 Å². The van der Waals surface area contributed by atoms with Crippen molar-refractivity contribution in [3.05, 3.63) is 54.4 Å².